The molecule has 0 spiro atoms. The predicted molar refractivity (Wildman–Crippen MR) is 89.1 cm³/mol. The van der Waals surface area contributed by atoms with Crippen LogP contribution in [-0.2, 0) is 0 Å². The zero-order valence-electron chi connectivity index (χ0n) is 12.1. The Hall–Kier alpha value is -3.52. The van der Waals surface area contributed by atoms with Gasteiger partial charge in [-0.05, 0) is 35.9 Å². The first kappa shape index (κ1) is 13.2. The van der Waals surface area contributed by atoms with Gasteiger partial charge in [-0.1, -0.05) is 18.2 Å². The van der Waals surface area contributed by atoms with Crippen LogP contribution in [-0.4, -0.2) is 19.9 Å². The van der Waals surface area contributed by atoms with Gasteiger partial charge in [0.25, 0.3) is 0 Å². The number of H-pyrrole nitrogens is 1. The quantitative estimate of drug-likeness (QED) is 0.574. The summed E-state index contributed by atoms with van der Waals surface area (Å²) in [5.41, 5.74) is 4.73. The SMILES string of the molecule is N#CC(=Cc1ccc2nccnc2c1)c1nc2ccccc2[nH]1. The van der Waals surface area contributed by atoms with Crippen molar-refractivity contribution in [2.75, 3.05) is 0 Å². The van der Waals surface area contributed by atoms with Gasteiger partial charge >= 0.3 is 0 Å². The molecular formula is C18H11N5. The van der Waals surface area contributed by atoms with E-state index in [1.54, 1.807) is 18.5 Å². The number of rotatable bonds is 2. The molecule has 0 radical (unpaired) electrons. The van der Waals surface area contributed by atoms with Gasteiger partial charge in [-0.15, -0.1) is 0 Å². The maximum absolute atomic E-state index is 9.47. The number of hydrogen-bond donors (Lipinski definition) is 1. The van der Waals surface area contributed by atoms with E-state index >= 15 is 0 Å². The third-order valence-electron chi connectivity index (χ3n) is 3.57. The Labute approximate surface area is 132 Å². The number of nitrogens with one attached hydrogen (secondary N) is 1. The average molecular weight is 297 g/mol. The highest BCUT2D eigenvalue weighted by Crippen LogP contribution is 2.20. The molecular weight excluding hydrogens is 286 g/mol. The standard InChI is InChI=1S/C18H11N5/c19-11-13(18-22-15-3-1-2-4-16(15)23-18)9-12-5-6-14-17(10-12)21-8-7-20-14/h1-10H,(H,22,23). The Morgan fingerprint density at radius 1 is 1.00 bits per heavy atom. The van der Waals surface area contributed by atoms with Crippen molar-refractivity contribution in [1.82, 2.24) is 19.9 Å². The van der Waals surface area contributed by atoms with Gasteiger partial charge in [-0.25, -0.2) is 4.98 Å². The molecule has 0 bridgehead atoms. The lowest BCUT2D eigenvalue weighted by molar-refractivity contribution is 1.27. The van der Waals surface area contributed by atoms with Crippen molar-refractivity contribution in [1.29, 1.82) is 5.26 Å². The Balaban J connectivity index is 1.81. The molecule has 0 amide bonds. The van der Waals surface area contributed by atoms with Gasteiger partial charge in [0, 0.05) is 12.4 Å². The van der Waals surface area contributed by atoms with Crippen LogP contribution in [0.1, 0.15) is 11.4 Å². The summed E-state index contributed by atoms with van der Waals surface area (Å²) in [7, 11) is 0. The monoisotopic (exact) mass is 297 g/mol. The van der Waals surface area contributed by atoms with E-state index in [0.29, 0.717) is 11.4 Å². The summed E-state index contributed by atoms with van der Waals surface area (Å²) in [5, 5.41) is 9.47. The van der Waals surface area contributed by atoms with Crippen LogP contribution in [0.15, 0.2) is 54.9 Å². The third-order valence-corrected chi connectivity index (χ3v) is 3.57. The van der Waals surface area contributed by atoms with Crippen molar-refractivity contribution >= 4 is 33.7 Å². The predicted octanol–water partition coefficient (Wildman–Crippen LogP) is 3.57. The molecule has 4 aromatic rings. The van der Waals surface area contributed by atoms with Gasteiger partial charge in [0.05, 0.1) is 27.6 Å². The van der Waals surface area contributed by atoms with Crippen LogP contribution in [0.3, 0.4) is 0 Å². The van der Waals surface area contributed by atoms with E-state index < -0.39 is 0 Å². The molecule has 0 saturated heterocycles. The summed E-state index contributed by atoms with van der Waals surface area (Å²) < 4.78 is 0. The first-order chi connectivity index (χ1) is 11.3. The second-order valence-corrected chi connectivity index (χ2v) is 5.08. The lowest BCUT2D eigenvalue weighted by Crippen LogP contribution is -1.86. The topological polar surface area (TPSA) is 78.2 Å². The van der Waals surface area contributed by atoms with E-state index in [9.17, 15) is 5.26 Å². The lowest BCUT2D eigenvalue weighted by Gasteiger charge is -1.99. The summed E-state index contributed by atoms with van der Waals surface area (Å²) in [6, 6.07) is 15.6. The van der Waals surface area contributed by atoms with E-state index in [1.165, 1.54) is 0 Å². The highest BCUT2D eigenvalue weighted by molar-refractivity contribution is 5.91. The minimum Gasteiger partial charge on any atom is -0.337 e. The van der Waals surface area contributed by atoms with Crippen LogP contribution >= 0.6 is 0 Å². The maximum atomic E-state index is 9.47. The molecule has 2 aromatic carbocycles. The van der Waals surface area contributed by atoms with Gasteiger partial charge in [0.15, 0.2) is 0 Å². The first-order valence-electron chi connectivity index (χ1n) is 7.11. The Kier molecular flexibility index (Phi) is 3.06. The zero-order valence-corrected chi connectivity index (χ0v) is 12.1. The van der Waals surface area contributed by atoms with Crippen molar-refractivity contribution in [2.24, 2.45) is 0 Å². The van der Waals surface area contributed by atoms with Crippen molar-refractivity contribution < 1.29 is 0 Å². The van der Waals surface area contributed by atoms with Crippen molar-refractivity contribution in [3.8, 4) is 6.07 Å². The maximum Gasteiger partial charge on any atom is 0.149 e. The minimum absolute atomic E-state index is 0.476. The van der Waals surface area contributed by atoms with Crippen LogP contribution in [0.2, 0.25) is 0 Å². The number of aromatic amines is 1. The summed E-state index contributed by atoms with van der Waals surface area (Å²) in [6.07, 6.45) is 5.11. The van der Waals surface area contributed by atoms with E-state index in [-0.39, 0.29) is 0 Å². The fourth-order valence-corrected chi connectivity index (χ4v) is 2.47. The fraction of sp³-hybridized carbons (Fsp3) is 0. The van der Waals surface area contributed by atoms with Crippen LogP contribution < -0.4 is 0 Å². The van der Waals surface area contributed by atoms with Gasteiger partial charge in [-0.3, -0.25) is 9.97 Å². The molecule has 5 nitrogen and oxygen atoms in total. The Bertz CT molecular complexity index is 1050. The van der Waals surface area contributed by atoms with Crippen molar-refractivity contribution in [2.45, 2.75) is 0 Å². The van der Waals surface area contributed by atoms with Crippen LogP contribution in [0.4, 0.5) is 0 Å². The van der Waals surface area contributed by atoms with Crippen LogP contribution in [0, 0.1) is 11.3 Å². The number of nitriles is 1. The number of nitrogens with zero attached hydrogens (tertiary/aromatic N) is 4. The van der Waals surface area contributed by atoms with Gasteiger partial charge in [-0.2, -0.15) is 5.26 Å². The molecule has 1 N–H and O–H groups in total. The Morgan fingerprint density at radius 3 is 2.65 bits per heavy atom. The molecule has 4 rings (SSSR count). The average Bonchev–Trinajstić information content (AvgIpc) is 3.03. The van der Waals surface area contributed by atoms with Crippen LogP contribution in [0.5, 0.6) is 0 Å². The summed E-state index contributed by atoms with van der Waals surface area (Å²) in [5.74, 6) is 0.563. The highest BCUT2D eigenvalue weighted by atomic mass is 14.9. The van der Waals surface area contributed by atoms with E-state index in [1.807, 2.05) is 42.5 Å². The number of imidazole rings is 1. The molecule has 0 aliphatic carbocycles. The smallest absolute Gasteiger partial charge is 0.149 e. The summed E-state index contributed by atoms with van der Waals surface area (Å²) >= 11 is 0. The van der Waals surface area contributed by atoms with Crippen LogP contribution in [0.25, 0.3) is 33.7 Å². The molecule has 0 unspecified atom stereocenters. The molecule has 5 heteroatoms. The largest absolute Gasteiger partial charge is 0.337 e. The summed E-state index contributed by atoms with van der Waals surface area (Å²) in [4.78, 5) is 16.2. The van der Waals surface area contributed by atoms with Gasteiger partial charge in [0.2, 0.25) is 0 Å². The molecule has 2 heterocycles. The molecule has 0 aliphatic heterocycles. The Morgan fingerprint density at radius 2 is 1.83 bits per heavy atom. The fourth-order valence-electron chi connectivity index (χ4n) is 2.47. The third kappa shape index (κ3) is 2.43. The van der Waals surface area contributed by atoms with E-state index in [2.05, 4.69) is 26.0 Å². The zero-order chi connectivity index (χ0) is 15.6. The van der Waals surface area contributed by atoms with Crippen molar-refractivity contribution in [3.05, 3.63) is 66.2 Å². The lowest BCUT2D eigenvalue weighted by atomic mass is 10.1. The normalized spacial score (nSPS) is 11.7. The number of fused-ring (bicyclic) bond motifs is 2. The second-order valence-electron chi connectivity index (χ2n) is 5.08. The summed E-state index contributed by atoms with van der Waals surface area (Å²) in [6.45, 7) is 0. The number of hydrogen-bond acceptors (Lipinski definition) is 4. The first-order valence-corrected chi connectivity index (χ1v) is 7.11. The molecule has 23 heavy (non-hydrogen) atoms. The molecule has 0 fully saturated rings. The molecule has 0 saturated carbocycles. The van der Waals surface area contributed by atoms with Gasteiger partial charge in [0.1, 0.15) is 11.9 Å². The number of aromatic nitrogens is 4. The van der Waals surface area contributed by atoms with Gasteiger partial charge < -0.3 is 4.98 Å². The molecule has 108 valence electrons. The van der Waals surface area contributed by atoms with E-state index in [0.717, 1.165) is 27.6 Å². The minimum atomic E-state index is 0.476. The number of benzene rings is 2. The number of para-hydroxylation sites is 2. The number of allylic oxidation sites excluding steroid dienone is 1. The molecule has 0 aliphatic rings. The molecule has 0 atom stereocenters. The molecule has 2 aromatic heterocycles. The van der Waals surface area contributed by atoms with Crippen molar-refractivity contribution in [3.63, 3.8) is 0 Å². The second kappa shape index (κ2) is 5.35. The highest BCUT2D eigenvalue weighted by Gasteiger charge is 2.08. The van der Waals surface area contributed by atoms with E-state index in [4.69, 9.17) is 0 Å².